The van der Waals surface area contributed by atoms with E-state index in [0.717, 1.165) is 17.7 Å². The second kappa shape index (κ2) is 7.08. The van der Waals surface area contributed by atoms with E-state index in [1.807, 2.05) is 19.1 Å². The number of anilines is 1. The fraction of sp³-hybridized carbons (Fsp3) is 0.158. The number of nitrogens with one attached hydrogen (secondary N) is 1. The van der Waals surface area contributed by atoms with Crippen LogP contribution in [0.5, 0.6) is 0 Å². The molecular formula is C19H14ClF3N2O2. The summed E-state index contributed by atoms with van der Waals surface area (Å²) >= 11 is 5.60. The lowest BCUT2D eigenvalue weighted by molar-refractivity contribution is -0.137. The summed E-state index contributed by atoms with van der Waals surface area (Å²) < 4.78 is 44.3. The number of aromatic nitrogens is 1. The molecule has 0 spiro atoms. The van der Waals surface area contributed by atoms with Gasteiger partial charge in [0.15, 0.2) is 5.76 Å². The van der Waals surface area contributed by atoms with Crippen LogP contribution in [0, 0.1) is 13.8 Å². The molecule has 0 bridgehead atoms. The number of alkyl halides is 3. The number of halogens is 4. The van der Waals surface area contributed by atoms with Crippen LogP contribution < -0.4 is 5.32 Å². The summed E-state index contributed by atoms with van der Waals surface area (Å²) in [4.78, 5) is 12.7. The minimum absolute atomic E-state index is 0.0350. The summed E-state index contributed by atoms with van der Waals surface area (Å²) in [5.41, 5.74) is 1.09. The fourth-order valence-electron chi connectivity index (χ4n) is 2.55. The predicted molar refractivity (Wildman–Crippen MR) is 95.8 cm³/mol. The molecule has 3 rings (SSSR count). The van der Waals surface area contributed by atoms with Gasteiger partial charge in [-0.2, -0.15) is 13.2 Å². The Morgan fingerprint density at radius 1 is 1.11 bits per heavy atom. The highest BCUT2D eigenvalue weighted by molar-refractivity contribution is 6.31. The molecule has 0 aliphatic carbocycles. The number of hydrogen-bond acceptors (Lipinski definition) is 3. The largest absolute Gasteiger partial charge is 0.417 e. The SMILES string of the molecule is Cc1ccc(-c2onc(C)c2C(=O)Nc2ccc(Cl)c(C(F)(F)F)c2)cc1. The second-order valence-corrected chi connectivity index (χ2v) is 6.39. The van der Waals surface area contributed by atoms with Crippen LogP contribution >= 0.6 is 11.6 Å². The summed E-state index contributed by atoms with van der Waals surface area (Å²) in [6.07, 6.45) is -4.63. The van der Waals surface area contributed by atoms with Crippen molar-refractivity contribution in [3.8, 4) is 11.3 Å². The van der Waals surface area contributed by atoms with Gasteiger partial charge in [-0.15, -0.1) is 0 Å². The molecule has 1 amide bonds. The molecule has 0 fully saturated rings. The Kier molecular flexibility index (Phi) is 4.97. The van der Waals surface area contributed by atoms with Gasteiger partial charge in [-0.05, 0) is 32.0 Å². The van der Waals surface area contributed by atoms with Crippen LogP contribution in [0.25, 0.3) is 11.3 Å². The zero-order chi connectivity index (χ0) is 19.8. The third kappa shape index (κ3) is 3.98. The lowest BCUT2D eigenvalue weighted by Crippen LogP contribution is -2.14. The van der Waals surface area contributed by atoms with E-state index in [0.29, 0.717) is 11.3 Å². The molecule has 1 N–H and O–H groups in total. The van der Waals surface area contributed by atoms with E-state index in [1.165, 1.54) is 6.07 Å². The number of nitrogens with zero attached hydrogens (tertiary/aromatic N) is 1. The number of rotatable bonds is 3. The average molecular weight is 395 g/mol. The summed E-state index contributed by atoms with van der Waals surface area (Å²) in [5, 5.41) is 5.82. The molecule has 0 radical (unpaired) electrons. The minimum Gasteiger partial charge on any atom is -0.355 e. The van der Waals surface area contributed by atoms with Crippen LogP contribution in [0.4, 0.5) is 18.9 Å². The lowest BCUT2D eigenvalue weighted by Gasteiger charge is -2.12. The Hall–Kier alpha value is -2.80. The highest BCUT2D eigenvalue weighted by Crippen LogP contribution is 2.36. The van der Waals surface area contributed by atoms with Crippen LogP contribution in [-0.2, 0) is 6.18 Å². The van der Waals surface area contributed by atoms with Crippen LogP contribution in [0.15, 0.2) is 47.0 Å². The van der Waals surface area contributed by atoms with E-state index < -0.39 is 22.7 Å². The highest BCUT2D eigenvalue weighted by Gasteiger charge is 2.33. The Morgan fingerprint density at radius 2 is 1.78 bits per heavy atom. The van der Waals surface area contributed by atoms with Gasteiger partial charge in [0.25, 0.3) is 5.91 Å². The quantitative estimate of drug-likeness (QED) is 0.603. The van der Waals surface area contributed by atoms with Gasteiger partial charge >= 0.3 is 6.18 Å². The Labute approximate surface area is 157 Å². The van der Waals surface area contributed by atoms with Gasteiger partial charge in [0.2, 0.25) is 0 Å². The molecule has 140 valence electrons. The molecule has 0 saturated heterocycles. The minimum atomic E-state index is -4.63. The van der Waals surface area contributed by atoms with Crippen molar-refractivity contribution in [2.75, 3.05) is 5.32 Å². The first-order chi connectivity index (χ1) is 12.7. The van der Waals surface area contributed by atoms with Crippen LogP contribution in [-0.4, -0.2) is 11.1 Å². The Morgan fingerprint density at radius 3 is 2.41 bits per heavy atom. The average Bonchev–Trinajstić information content (AvgIpc) is 2.98. The molecule has 2 aromatic carbocycles. The summed E-state index contributed by atoms with van der Waals surface area (Å²) in [7, 11) is 0. The molecule has 1 heterocycles. The molecule has 0 unspecified atom stereocenters. The third-order valence-corrected chi connectivity index (χ3v) is 4.26. The van der Waals surface area contributed by atoms with Gasteiger partial charge in [0, 0.05) is 11.3 Å². The number of aryl methyl sites for hydroxylation is 2. The number of amides is 1. The molecular weight excluding hydrogens is 381 g/mol. The normalized spacial score (nSPS) is 11.5. The molecule has 3 aromatic rings. The maximum atomic E-state index is 13.0. The summed E-state index contributed by atoms with van der Waals surface area (Å²) in [6.45, 7) is 3.50. The Bertz CT molecular complexity index is 995. The van der Waals surface area contributed by atoms with Crippen molar-refractivity contribution in [3.63, 3.8) is 0 Å². The van der Waals surface area contributed by atoms with Crippen LogP contribution in [0.1, 0.15) is 27.2 Å². The van der Waals surface area contributed by atoms with Crippen LogP contribution in [0.3, 0.4) is 0 Å². The molecule has 1 aromatic heterocycles. The molecule has 4 nitrogen and oxygen atoms in total. The molecule has 27 heavy (non-hydrogen) atoms. The number of carbonyl (C=O) groups excluding carboxylic acids is 1. The van der Waals surface area contributed by atoms with Crippen molar-refractivity contribution in [3.05, 3.63) is 69.9 Å². The zero-order valence-electron chi connectivity index (χ0n) is 14.3. The summed E-state index contributed by atoms with van der Waals surface area (Å²) in [6, 6.07) is 10.4. The van der Waals surface area contributed by atoms with E-state index in [1.54, 1.807) is 19.1 Å². The van der Waals surface area contributed by atoms with E-state index >= 15 is 0 Å². The van der Waals surface area contributed by atoms with Crippen molar-refractivity contribution in [2.24, 2.45) is 0 Å². The van der Waals surface area contributed by atoms with Crippen molar-refractivity contribution < 1.29 is 22.5 Å². The molecule has 0 saturated carbocycles. The van der Waals surface area contributed by atoms with E-state index in [9.17, 15) is 18.0 Å². The first-order valence-corrected chi connectivity index (χ1v) is 8.26. The first kappa shape index (κ1) is 19.0. The molecule has 0 aliphatic heterocycles. The summed E-state index contributed by atoms with van der Waals surface area (Å²) in [5.74, 6) is -0.380. The highest BCUT2D eigenvalue weighted by atomic mass is 35.5. The fourth-order valence-corrected chi connectivity index (χ4v) is 2.78. The van der Waals surface area contributed by atoms with Gasteiger partial charge in [0.05, 0.1) is 16.3 Å². The van der Waals surface area contributed by atoms with E-state index in [-0.39, 0.29) is 17.0 Å². The van der Waals surface area contributed by atoms with Crippen molar-refractivity contribution in [1.29, 1.82) is 0 Å². The van der Waals surface area contributed by atoms with Gasteiger partial charge in [-0.3, -0.25) is 4.79 Å². The predicted octanol–water partition coefficient (Wildman–Crippen LogP) is 5.88. The third-order valence-electron chi connectivity index (χ3n) is 3.93. The topological polar surface area (TPSA) is 55.1 Å². The van der Waals surface area contributed by atoms with Gasteiger partial charge in [-0.25, -0.2) is 0 Å². The number of hydrogen-bond donors (Lipinski definition) is 1. The van der Waals surface area contributed by atoms with Crippen molar-refractivity contribution in [2.45, 2.75) is 20.0 Å². The molecule has 0 aliphatic rings. The number of carbonyl (C=O) groups is 1. The first-order valence-electron chi connectivity index (χ1n) is 7.88. The number of benzene rings is 2. The smallest absolute Gasteiger partial charge is 0.355 e. The zero-order valence-corrected chi connectivity index (χ0v) is 15.1. The maximum Gasteiger partial charge on any atom is 0.417 e. The lowest BCUT2D eigenvalue weighted by atomic mass is 10.0. The van der Waals surface area contributed by atoms with Crippen molar-refractivity contribution >= 4 is 23.2 Å². The van der Waals surface area contributed by atoms with Gasteiger partial charge in [-0.1, -0.05) is 46.6 Å². The molecule has 0 atom stereocenters. The van der Waals surface area contributed by atoms with Crippen LogP contribution in [0.2, 0.25) is 5.02 Å². The second-order valence-electron chi connectivity index (χ2n) is 5.98. The van der Waals surface area contributed by atoms with E-state index in [4.69, 9.17) is 16.1 Å². The van der Waals surface area contributed by atoms with Crippen molar-refractivity contribution in [1.82, 2.24) is 5.16 Å². The van der Waals surface area contributed by atoms with E-state index in [2.05, 4.69) is 10.5 Å². The maximum absolute atomic E-state index is 13.0. The van der Waals surface area contributed by atoms with Gasteiger partial charge in [0.1, 0.15) is 5.56 Å². The Balaban J connectivity index is 1.94. The monoisotopic (exact) mass is 394 g/mol. The van der Waals surface area contributed by atoms with Gasteiger partial charge < -0.3 is 9.84 Å². The molecule has 8 heteroatoms. The standard InChI is InChI=1S/C19H14ClF3N2O2/c1-10-3-5-12(6-4-10)17-16(11(2)25-27-17)18(26)24-13-7-8-15(20)14(9-13)19(21,22)23/h3-9H,1-2H3,(H,24,26).